The third-order valence-corrected chi connectivity index (χ3v) is 3.82. The summed E-state index contributed by atoms with van der Waals surface area (Å²) in [5, 5.41) is 0. The molecule has 20 heavy (non-hydrogen) atoms. The smallest absolute Gasteiger partial charge is 0.130 e. The summed E-state index contributed by atoms with van der Waals surface area (Å²) in [7, 11) is 3.25. The summed E-state index contributed by atoms with van der Waals surface area (Å²) in [6.07, 6.45) is 6.55. The van der Waals surface area contributed by atoms with Crippen molar-refractivity contribution in [2.45, 2.75) is 51.4 Å². The van der Waals surface area contributed by atoms with Crippen LogP contribution < -0.4 is 9.47 Å². The Labute approximate surface area is 122 Å². The number of benzene rings is 1. The molecule has 0 saturated carbocycles. The first-order valence-electron chi connectivity index (χ1n) is 7.29. The number of unbranched alkanes of at least 4 members (excludes halogenated alkanes) is 3. The maximum absolute atomic E-state index is 11.6. The molecule has 1 rings (SSSR count). The number of hydrogen-bond acceptors (Lipinski definition) is 3. The maximum atomic E-state index is 11.6. The average molecular weight is 278 g/mol. The van der Waals surface area contributed by atoms with E-state index in [1.165, 1.54) is 19.3 Å². The number of carbonyl (C=O) groups excluding carboxylic acids is 1. The third-order valence-electron chi connectivity index (χ3n) is 3.82. The Kier molecular flexibility index (Phi) is 6.56. The van der Waals surface area contributed by atoms with Crippen LogP contribution >= 0.6 is 0 Å². The van der Waals surface area contributed by atoms with Crippen LogP contribution in [0.25, 0.3) is 0 Å². The van der Waals surface area contributed by atoms with Gasteiger partial charge in [0.1, 0.15) is 17.8 Å². The van der Waals surface area contributed by atoms with E-state index in [-0.39, 0.29) is 0 Å². The van der Waals surface area contributed by atoms with Crippen molar-refractivity contribution in [1.29, 1.82) is 0 Å². The van der Waals surface area contributed by atoms with Crippen LogP contribution in [0.2, 0.25) is 0 Å². The van der Waals surface area contributed by atoms with E-state index < -0.39 is 5.41 Å². The normalized spacial score (nSPS) is 13.6. The maximum Gasteiger partial charge on any atom is 0.130 e. The molecule has 1 aromatic carbocycles. The van der Waals surface area contributed by atoms with Crippen molar-refractivity contribution in [3.8, 4) is 11.5 Å². The van der Waals surface area contributed by atoms with Crippen molar-refractivity contribution < 1.29 is 14.3 Å². The molecular weight excluding hydrogens is 252 g/mol. The molecule has 0 spiro atoms. The molecule has 0 aliphatic rings. The minimum atomic E-state index is -0.477. The molecule has 0 amide bonds. The molecule has 112 valence electrons. The van der Waals surface area contributed by atoms with Crippen LogP contribution in [0.15, 0.2) is 18.2 Å². The molecule has 1 atom stereocenters. The van der Waals surface area contributed by atoms with E-state index in [1.807, 2.05) is 25.1 Å². The molecular formula is C17H26O3. The van der Waals surface area contributed by atoms with E-state index in [4.69, 9.17) is 9.47 Å². The Morgan fingerprint density at radius 1 is 1.05 bits per heavy atom. The van der Waals surface area contributed by atoms with E-state index in [9.17, 15) is 4.79 Å². The van der Waals surface area contributed by atoms with Gasteiger partial charge in [-0.25, -0.2) is 0 Å². The quantitative estimate of drug-likeness (QED) is 0.503. The van der Waals surface area contributed by atoms with Gasteiger partial charge in [-0.2, -0.15) is 0 Å². The van der Waals surface area contributed by atoms with Crippen LogP contribution in [0.5, 0.6) is 11.5 Å². The second-order valence-corrected chi connectivity index (χ2v) is 5.45. The highest BCUT2D eigenvalue weighted by Gasteiger charge is 2.26. The summed E-state index contributed by atoms with van der Waals surface area (Å²) in [5.74, 6) is 1.45. The third kappa shape index (κ3) is 4.26. The molecule has 3 nitrogen and oxygen atoms in total. The van der Waals surface area contributed by atoms with E-state index in [1.54, 1.807) is 14.2 Å². The zero-order chi connectivity index (χ0) is 15.0. The molecule has 1 unspecified atom stereocenters. The van der Waals surface area contributed by atoms with E-state index >= 15 is 0 Å². The van der Waals surface area contributed by atoms with Crippen molar-refractivity contribution in [1.82, 2.24) is 0 Å². The minimum Gasteiger partial charge on any atom is -0.497 e. The second-order valence-electron chi connectivity index (χ2n) is 5.45. The lowest BCUT2D eigenvalue weighted by Crippen LogP contribution is -2.24. The van der Waals surface area contributed by atoms with Gasteiger partial charge in [-0.05, 0) is 31.0 Å². The van der Waals surface area contributed by atoms with E-state index in [0.717, 1.165) is 36.2 Å². The zero-order valence-electron chi connectivity index (χ0n) is 13.1. The SMILES string of the molecule is CCCCCCC(C)(C=O)c1cc(OC)cc(OC)c1. The number of aldehydes is 1. The lowest BCUT2D eigenvalue weighted by atomic mass is 9.79. The van der Waals surface area contributed by atoms with Crippen LogP contribution in [0.3, 0.4) is 0 Å². The van der Waals surface area contributed by atoms with Gasteiger partial charge in [0, 0.05) is 11.5 Å². The molecule has 0 aliphatic carbocycles. The van der Waals surface area contributed by atoms with Crippen molar-refractivity contribution in [2.24, 2.45) is 0 Å². The van der Waals surface area contributed by atoms with Crippen LogP contribution in [-0.2, 0) is 10.2 Å². The van der Waals surface area contributed by atoms with Crippen molar-refractivity contribution in [3.05, 3.63) is 23.8 Å². The highest BCUT2D eigenvalue weighted by molar-refractivity contribution is 5.69. The fourth-order valence-corrected chi connectivity index (χ4v) is 2.33. The molecule has 1 aromatic rings. The first-order chi connectivity index (χ1) is 9.59. The summed E-state index contributed by atoms with van der Waals surface area (Å²) >= 11 is 0. The summed E-state index contributed by atoms with van der Waals surface area (Å²) in [6.45, 7) is 4.17. The highest BCUT2D eigenvalue weighted by atomic mass is 16.5. The van der Waals surface area contributed by atoms with Gasteiger partial charge >= 0.3 is 0 Å². The standard InChI is InChI=1S/C17H26O3/c1-5-6-7-8-9-17(2,13-18)14-10-15(19-3)12-16(11-14)20-4/h10-13H,5-9H2,1-4H3. The molecule has 0 saturated heterocycles. The molecule has 0 radical (unpaired) electrons. The molecule has 3 heteroatoms. The predicted molar refractivity (Wildman–Crippen MR) is 81.7 cm³/mol. The summed E-state index contributed by atoms with van der Waals surface area (Å²) < 4.78 is 10.6. The van der Waals surface area contributed by atoms with Gasteiger partial charge in [0.25, 0.3) is 0 Å². The minimum absolute atomic E-state index is 0.477. The average Bonchev–Trinajstić information content (AvgIpc) is 2.50. The van der Waals surface area contributed by atoms with Crippen LogP contribution in [0.4, 0.5) is 0 Å². The fraction of sp³-hybridized carbons (Fsp3) is 0.588. The molecule has 0 N–H and O–H groups in total. The second kappa shape index (κ2) is 7.93. The Morgan fingerprint density at radius 3 is 2.10 bits per heavy atom. The van der Waals surface area contributed by atoms with Gasteiger partial charge in [0.15, 0.2) is 0 Å². The first-order valence-corrected chi connectivity index (χ1v) is 7.29. The van der Waals surface area contributed by atoms with Crippen LogP contribution in [0.1, 0.15) is 51.5 Å². The Balaban J connectivity index is 2.94. The highest BCUT2D eigenvalue weighted by Crippen LogP contribution is 2.33. The molecule has 0 heterocycles. The van der Waals surface area contributed by atoms with Crippen LogP contribution in [0, 0.1) is 0 Å². The molecule has 0 bridgehead atoms. The molecule has 0 fully saturated rings. The number of rotatable bonds is 9. The van der Waals surface area contributed by atoms with Gasteiger partial charge in [0.2, 0.25) is 0 Å². The lowest BCUT2D eigenvalue weighted by Gasteiger charge is -2.24. The Hall–Kier alpha value is -1.51. The Morgan fingerprint density at radius 2 is 1.65 bits per heavy atom. The molecule has 0 aliphatic heterocycles. The monoisotopic (exact) mass is 278 g/mol. The van der Waals surface area contributed by atoms with E-state index in [2.05, 4.69) is 6.92 Å². The zero-order valence-corrected chi connectivity index (χ0v) is 13.1. The van der Waals surface area contributed by atoms with Crippen molar-refractivity contribution in [2.75, 3.05) is 14.2 Å². The number of hydrogen-bond donors (Lipinski definition) is 0. The summed E-state index contributed by atoms with van der Waals surface area (Å²) in [4.78, 5) is 11.6. The number of ether oxygens (including phenoxy) is 2. The molecule has 0 aromatic heterocycles. The van der Waals surface area contributed by atoms with Crippen LogP contribution in [-0.4, -0.2) is 20.5 Å². The van der Waals surface area contributed by atoms with Gasteiger partial charge in [0.05, 0.1) is 14.2 Å². The van der Waals surface area contributed by atoms with Gasteiger partial charge in [-0.15, -0.1) is 0 Å². The van der Waals surface area contributed by atoms with Gasteiger partial charge in [-0.1, -0.05) is 32.6 Å². The Bertz CT molecular complexity index is 406. The van der Waals surface area contributed by atoms with Crippen molar-refractivity contribution in [3.63, 3.8) is 0 Å². The summed E-state index contributed by atoms with van der Waals surface area (Å²) in [5.41, 5.74) is 0.482. The van der Waals surface area contributed by atoms with Gasteiger partial charge < -0.3 is 14.3 Å². The fourth-order valence-electron chi connectivity index (χ4n) is 2.33. The number of carbonyl (C=O) groups is 1. The van der Waals surface area contributed by atoms with Gasteiger partial charge in [-0.3, -0.25) is 0 Å². The largest absolute Gasteiger partial charge is 0.497 e. The predicted octanol–water partition coefficient (Wildman–Crippen LogP) is 4.13. The first kappa shape index (κ1) is 16.5. The number of methoxy groups -OCH3 is 2. The lowest BCUT2D eigenvalue weighted by molar-refractivity contribution is -0.112. The topological polar surface area (TPSA) is 35.5 Å². The van der Waals surface area contributed by atoms with E-state index in [0.29, 0.717) is 0 Å². The van der Waals surface area contributed by atoms with Crippen molar-refractivity contribution >= 4 is 6.29 Å². The summed E-state index contributed by atoms with van der Waals surface area (Å²) in [6, 6.07) is 5.68.